The van der Waals surface area contributed by atoms with Gasteiger partial charge in [-0.1, -0.05) is 36.4 Å². The molecule has 1 saturated heterocycles. The molecule has 2 aromatic carbocycles. The summed E-state index contributed by atoms with van der Waals surface area (Å²) >= 11 is 0. The van der Waals surface area contributed by atoms with Gasteiger partial charge in [-0.2, -0.15) is 13.2 Å². The van der Waals surface area contributed by atoms with E-state index in [1.54, 1.807) is 42.5 Å². The highest BCUT2D eigenvalue weighted by Gasteiger charge is 2.38. The Bertz CT molecular complexity index is 1420. The van der Waals surface area contributed by atoms with Crippen LogP contribution < -0.4 is 20.9 Å². The first-order valence-corrected chi connectivity index (χ1v) is 12.5. The Hall–Kier alpha value is -4.94. The topological polar surface area (TPSA) is 141 Å². The Labute approximate surface area is 232 Å². The van der Waals surface area contributed by atoms with Crippen molar-refractivity contribution in [3.05, 3.63) is 89.7 Å². The smallest absolute Gasteiger partial charge is 0.416 e. The molecule has 4 N–H and O–H groups in total. The summed E-state index contributed by atoms with van der Waals surface area (Å²) in [4.78, 5) is 54.6. The number of carbonyl (C=O) groups excluding carboxylic acids is 3. The Morgan fingerprint density at radius 2 is 1.83 bits per heavy atom. The molecule has 1 aliphatic heterocycles. The monoisotopic (exact) mass is 569 g/mol. The lowest BCUT2D eigenvalue weighted by atomic mass is 10.0. The quantitative estimate of drug-likeness (QED) is 0.306. The minimum Gasteiger partial charge on any atom is -0.481 e. The van der Waals surface area contributed by atoms with Crippen molar-refractivity contribution in [2.75, 3.05) is 16.8 Å². The van der Waals surface area contributed by atoms with Gasteiger partial charge in [-0.3, -0.25) is 19.4 Å². The van der Waals surface area contributed by atoms with E-state index in [0.29, 0.717) is 5.56 Å². The van der Waals surface area contributed by atoms with Gasteiger partial charge in [0.15, 0.2) is 0 Å². The van der Waals surface area contributed by atoms with Crippen molar-refractivity contribution in [2.45, 2.75) is 31.6 Å². The van der Waals surface area contributed by atoms with Crippen LogP contribution in [0.25, 0.3) is 0 Å². The van der Waals surface area contributed by atoms with E-state index in [2.05, 4.69) is 20.9 Å². The second-order valence-electron chi connectivity index (χ2n) is 9.41. The fourth-order valence-electron chi connectivity index (χ4n) is 4.39. The van der Waals surface area contributed by atoms with Gasteiger partial charge in [0, 0.05) is 43.3 Å². The molecule has 0 bridgehead atoms. The molecule has 3 aromatic rings. The highest BCUT2D eigenvalue weighted by atomic mass is 19.4. The van der Waals surface area contributed by atoms with Crippen LogP contribution in [0.2, 0.25) is 0 Å². The predicted molar refractivity (Wildman–Crippen MR) is 142 cm³/mol. The summed E-state index contributed by atoms with van der Waals surface area (Å²) in [6, 6.07) is 13.2. The number of hydrogen-bond donors (Lipinski definition) is 4. The highest BCUT2D eigenvalue weighted by molar-refractivity contribution is 6.01. The number of rotatable bonds is 9. The van der Waals surface area contributed by atoms with Gasteiger partial charge in [-0.25, -0.2) is 4.79 Å². The number of nitrogens with one attached hydrogen (secondary N) is 3. The second kappa shape index (κ2) is 12.5. The summed E-state index contributed by atoms with van der Waals surface area (Å²) < 4.78 is 41.1. The van der Waals surface area contributed by atoms with Crippen molar-refractivity contribution in [1.29, 1.82) is 0 Å². The third kappa shape index (κ3) is 7.81. The number of alkyl halides is 3. The van der Waals surface area contributed by atoms with Crippen molar-refractivity contribution in [3.63, 3.8) is 0 Å². The van der Waals surface area contributed by atoms with Crippen molar-refractivity contribution in [1.82, 2.24) is 15.6 Å². The van der Waals surface area contributed by atoms with E-state index >= 15 is 0 Å². The molecular formula is C28H26F3N5O5. The molecule has 2 atom stereocenters. The molecule has 2 unspecified atom stereocenters. The average molecular weight is 570 g/mol. The first-order chi connectivity index (χ1) is 19.5. The fourth-order valence-corrected chi connectivity index (χ4v) is 4.39. The zero-order valence-corrected chi connectivity index (χ0v) is 21.5. The maximum atomic E-state index is 13.7. The summed E-state index contributed by atoms with van der Waals surface area (Å²) in [6.07, 6.45) is -2.61. The lowest BCUT2D eigenvalue weighted by Gasteiger charge is -2.21. The number of nitrogens with zero attached hydrogens (tertiary/aromatic N) is 2. The minimum atomic E-state index is -4.78. The van der Waals surface area contributed by atoms with Crippen LogP contribution in [0.3, 0.4) is 0 Å². The van der Waals surface area contributed by atoms with Crippen LogP contribution in [0, 0.1) is 5.92 Å². The van der Waals surface area contributed by atoms with Crippen LogP contribution in [-0.4, -0.2) is 40.5 Å². The number of halogens is 3. The number of carboxylic acid groups (broad SMARTS) is 1. The van der Waals surface area contributed by atoms with Crippen LogP contribution in [-0.2, 0) is 27.1 Å². The molecule has 214 valence electrons. The van der Waals surface area contributed by atoms with Crippen molar-refractivity contribution in [3.8, 4) is 0 Å². The molecule has 0 radical (unpaired) electrons. The first kappa shape index (κ1) is 29.1. The SMILES string of the molecule is O=C(O)CC(NC(=O)C1CC(=O)N(c2cc(NC(=O)NCc3ccccc3)cc(C(F)(F)F)c2)C1)c1cccnc1. The number of anilines is 2. The highest BCUT2D eigenvalue weighted by Crippen LogP contribution is 2.36. The third-order valence-corrected chi connectivity index (χ3v) is 6.39. The molecule has 2 heterocycles. The molecular weight excluding hydrogens is 543 g/mol. The summed E-state index contributed by atoms with van der Waals surface area (Å²) in [5.41, 5.74) is -0.198. The Kier molecular flexibility index (Phi) is 8.85. The van der Waals surface area contributed by atoms with Crippen LogP contribution in [0.15, 0.2) is 73.1 Å². The Morgan fingerprint density at radius 1 is 1.07 bits per heavy atom. The van der Waals surface area contributed by atoms with E-state index < -0.39 is 53.9 Å². The van der Waals surface area contributed by atoms with Crippen molar-refractivity contribution >= 4 is 35.2 Å². The molecule has 1 aliphatic rings. The van der Waals surface area contributed by atoms with E-state index in [4.69, 9.17) is 0 Å². The maximum Gasteiger partial charge on any atom is 0.416 e. The van der Waals surface area contributed by atoms with Gasteiger partial charge in [0.05, 0.1) is 23.9 Å². The number of carbonyl (C=O) groups is 4. The molecule has 1 aromatic heterocycles. The molecule has 10 nitrogen and oxygen atoms in total. The third-order valence-electron chi connectivity index (χ3n) is 6.39. The standard InChI is InChI=1S/C28H26F3N5O5/c29-28(30,31)20-10-21(34-27(41)33-14-17-5-2-1-3-6-17)12-22(11-20)36-16-19(9-24(36)37)26(40)35-23(13-25(38)39)18-7-4-8-32-15-18/h1-8,10-12,15,19,23H,9,13-14,16H2,(H,35,40)(H,38,39)(H2,33,34,41). The number of amides is 4. The molecule has 41 heavy (non-hydrogen) atoms. The van der Waals surface area contributed by atoms with Gasteiger partial charge in [-0.05, 0) is 35.4 Å². The number of pyridine rings is 1. The van der Waals surface area contributed by atoms with E-state index in [1.165, 1.54) is 18.5 Å². The minimum absolute atomic E-state index is 0.141. The van der Waals surface area contributed by atoms with Crippen LogP contribution >= 0.6 is 0 Å². The van der Waals surface area contributed by atoms with Gasteiger partial charge in [0.1, 0.15) is 0 Å². The van der Waals surface area contributed by atoms with E-state index in [-0.39, 0.29) is 30.9 Å². The number of urea groups is 1. The maximum absolute atomic E-state index is 13.7. The van der Waals surface area contributed by atoms with Crippen LogP contribution in [0.5, 0.6) is 0 Å². The zero-order chi connectivity index (χ0) is 29.6. The van der Waals surface area contributed by atoms with Gasteiger partial charge < -0.3 is 26.0 Å². The van der Waals surface area contributed by atoms with Crippen LogP contribution in [0.4, 0.5) is 29.3 Å². The van der Waals surface area contributed by atoms with Crippen molar-refractivity contribution in [2.24, 2.45) is 5.92 Å². The van der Waals surface area contributed by atoms with Gasteiger partial charge in [-0.15, -0.1) is 0 Å². The first-order valence-electron chi connectivity index (χ1n) is 12.5. The van der Waals surface area contributed by atoms with Crippen molar-refractivity contribution < 1.29 is 37.5 Å². The normalized spacial score (nSPS) is 15.7. The Morgan fingerprint density at radius 3 is 2.49 bits per heavy atom. The number of aliphatic carboxylic acids is 1. The molecule has 4 rings (SSSR count). The van der Waals surface area contributed by atoms with E-state index in [1.807, 2.05) is 0 Å². The number of carboxylic acids is 1. The summed E-state index contributed by atoms with van der Waals surface area (Å²) in [5.74, 6) is -3.34. The zero-order valence-electron chi connectivity index (χ0n) is 21.5. The second-order valence-corrected chi connectivity index (χ2v) is 9.41. The average Bonchev–Trinajstić information content (AvgIpc) is 3.33. The van der Waals surface area contributed by atoms with Gasteiger partial charge in [0.2, 0.25) is 11.8 Å². The molecule has 0 saturated carbocycles. The van der Waals surface area contributed by atoms with E-state index in [0.717, 1.165) is 22.6 Å². The predicted octanol–water partition coefficient (Wildman–Crippen LogP) is 4.11. The summed E-state index contributed by atoms with van der Waals surface area (Å²) in [5, 5.41) is 16.8. The lowest BCUT2D eigenvalue weighted by molar-refractivity contribution is -0.138. The molecule has 1 fully saturated rings. The van der Waals surface area contributed by atoms with Crippen LogP contribution in [0.1, 0.15) is 35.6 Å². The summed E-state index contributed by atoms with van der Waals surface area (Å²) in [7, 11) is 0. The van der Waals surface area contributed by atoms with Gasteiger partial charge >= 0.3 is 18.2 Å². The molecule has 4 amide bonds. The molecule has 0 aliphatic carbocycles. The number of hydrogen-bond acceptors (Lipinski definition) is 5. The number of aromatic nitrogens is 1. The van der Waals surface area contributed by atoms with E-state index in [9.17, 15) is 37.5 Å². The molecule has 0 spiro atoms. The fraction of sp³-hybridized carbons (Fsp3) is 0.250. The largest absolute Gasteiger partial charge is 0.481 e. The van der Waals surface area contributed by atoms with Gasteiger partial charge in [0.25, 0.3) is 0 Å². The number of benzene rings is 2. The summed E-state index contributed by atoms with van der Waals surface area (Å²) in [6.45, 7) is -0.0970. The lowest BCUT2D eigenvalue weighted by Crippen LogP contribution is -2.36. The molecule has 13 heteroatoms. The Balaban J connectivity index is 1.49.